The van der Waals surface area contributed by atoms with Gasteiger partial charge in [-0.1, -0.05) is 12.1 Å². The van der Waals surface area contributed by atoms with Crippen molar-refractivity contribution in [3.8, 4) is 0 Å². The Hall–Kier alpha value is -1.28. The van der Waals surface area contributed by atoms with Gasteiger partial charge in [0.05, 0.1) is 6.26 Å². The van der Waals surface area contributed by atoms with Crippen LogP contribution in [0.15, 0.2) is 34.9 Å². The lowest BCUT2D eigenvalue weighted by atomic mass is 10.1. The fourth-order valence-corrected chi connectivity index (χ4v) is 1.42. The second kappa shape index (κ2) is 3.23. The molecule has 0 aliphatic carbocycles. The number of benzene rings is 1. The Kier molecular flexibility index (Phi) is 2.07. The number of halogens is 1. The lowest BCUT2D eigenvalue weighted by Gasteiger charge is -1.95. The topological polar surface area (TPSA) is 30.2 Å². The summed E-state index contributed by atoms with van der Waals surface area (Å²) >= 11 is 5.27. The van der Waals surface area contributed by atoms with Crippen LogP contribution < -0.4 is 0 Å². The van der Waals surface area contributed by atoms with Crippen LogP contribution in [0, 0.1) is 0 Å². The van der Waals surface area contributed by atoms with E-state index in [9.17, 15) is 4.79 Å². The Morgan fingerprint density at radius 1 is 1.38 bits per heavy atom. The fourth-order valence-electron chi connectivity index (χ4n) is 1.27. The van der Waals surface area contributed by atoms with Crippen LogP contribution in [-0.2, 0) is 11.2 Å². The molecule has 2 aromatic rings. The summed E-state index contributed by atoms with van der Waals surface area (Å²) in [6.07, 6.45) is 1.87. The molecule has 0 atom stereocenters. The predicted molar refractivity (Wildman–Crippen MR) is 50.8 cm³/mol. The molecule has 2 nitrogen and oxygen atoms in total. The molecule has 2 rings (SSSR count). The number of carbonyl (C=O) groups is 1. The van der Waals surface area contributed by atoms with Crippen molar-refractivity contribution in [1.29, 1.82) is 0 Å². The van der Waals surface area contributed by atoms with Crippen molar-refractivity contribution in [1.82, 2.24) is 0 Å². The van der Waals surface area contributed by atoms with Crippen LogP contribution in [0.2, 0.25) is 0 Å². The number of furan rings is 1. The van der Waals surface area contributed by atoms with Crippen LogP contribution in [0.1, 0.15) is 5.56 Å². The Morgan fingerprint density at radius 2 is 2.23 bits per heavy atom. The summed E-state index contributed by atoms with van der Waals surface area (Å²) in [6.45, 7) is 0. The molecule has 0 saturated heterocycles. The molecule has 66 valence electrons. The number of fused-ring (bicyclic) bond motifs is 1. The molecule has 1 aromatic carbocycles. The van der Waals surface area contributed by atoms with E-state index >= 15 is 0 Å². The minimum atomic E-state index is -0.356. The summed E-state index contributed by atoms with van der Waals surface area (Å²) in [4.78, 5) is 10.6. The largest absolute Gasteiger partial charge is 0.464 e. The van der Waals surface area contributed by atoms with Crippen molar-refractivity contribution in [2.45, 2.75) is 6.42 Å². The van der Waals surface area contributed by atoms with Gasteiger partial charge in [0.2, 0.25) is 5.24 Å². The summed E-state index contributed by atoms with van der Waals surface area (Å²) in [5.41, 5.74) is 1.66. The summed E-state index contributed by atoms with van der Waals surface area (Å²) in [5.74, 6) is 0. The van der Waals surface area contributed by atoms with Crippen molar-refractivity contribution in [3.05, 3.63) is 36.1 Å². The molecule has 0 amide bonds. The third kappa shape index (κ3) is 1.73. The fraction of sp³-hybridized carbons (Fsp3) is 0.100. The molecule has 1 aromatic heterocycles. The highest BCUT2D eigenvalue weighted by molar-refractivity contribution is 6.63. The van der Waals surface area contributed by atoms with Gasteiger partial charge in [-0.05, 0) is 29.3 Å². The van der Waals surface area contributed by atoms with E-state index in [0.29, 0.717) is 0 Å². The molecule has 0 fully saturated rings. The van der Waals surface area contributed by atoms with Crippen LogP contribution in [0.5, 0.6) is 0 Å². The standard InChI is InChI=1S/C10H7ClO2/c11-10(12)6-7-1-2-8-3-4-13-9(8)5-7/h1-5H,6H2. The van der Waals surface area contributed by atoms with Gasteiger partial charge in [-0.15, -0.1) is 0 Å². The lowest BCUT2D eigenvalue weighted by Crippen LogP contribution is -1.92. The zero-order valence-electron chi connectivity index (χ0n) is 6.79. The smallest absolute Gasteiger partial charge is 0.226 e. The average molecular weight is 195 g/mol. The molecule has 0 aliphatic rings. The first-order valence-corrected chi connectivity index (χ1v) is 4.28. The maximum Gasteiger partial charge on any atom is 0.226 e. The van der Waals surface area contributed by atoms with E-state index in [1.54, 1.807) is 6.26 Å². The monoisotopic (exact) mass is 194 g/mol. The normalized spacial score (nSPS) is 10.5. The minimum Gasteiger partial charge on any atom is -0.464 e. The van der Waals surface area contributed by atoms with Gasteiger partial charge in [-0.2, -0.15) is 0 Å². The zero-order valence-corrected chi connectivity index (χ0v) is 7.54. The van der Waals surface area contributed by atoms with Crippen molar-refractivity contribution < 1.29 is 9.21 Å². The predicted octanol–water partition coefficient (Wildman–Crippen LogP) is 2.74. The SMILES string of the molecule is O=C(Cl)Cc1ccc2ccoc2c1. The maximum atomic E-state index is 10.6. The van der Waals surface area contributed by atoms with E-state index in [1.165, 1.54) is 0 Å². The molecule has 0 radical (unpaired) electrons. The van der Waals surface area contributed by atoms with Gasteiger partial charge in [0.15, 0.2) is 0 Å². The molecule has 0 aliphatic heterocycles. The first kappa shape index (κ1) is 8.32. The molecule has 0 saturated carbocycles. The summed E-state index contributed by atoms with van der Waals surface area (Å²) < 4.78 is 5.19. The average Bonchev–Trinajstić information content (AvgIpc) is 2.49. The van der Waals surface area contributed by atoms with Gasteiger partial charge in [0.25, 0.3) is 0 Å². The summed E-state index contributed by atoms with van der Waals surface area (Å²) in [7, 11) is 0. The first-order chi connectivity index (χ1) is 6.25. The molecule has 0 bridgehead atoms. The van der Waals surface area contributed by atoms with Crippen LogP contribution in [0.3, 0.4) is 0 Å². The first-order valence-electron chi connectivity index (χ1n) is 3.90. The number of hydrogen-bond donors (Lipinski definition) is 0. The highest BCUT2D eigenvalue weighted by atomic mass is 35.5. The third-order valence-corrected chi connectivity index (χ3v) is 2.00. The van der Waals surface area contributed by atoms with E-state index in [4.69, 9.17) is 16.0 Å². The molecule has 0 unspecified atom stereocenters. The minimum absolute atomic E-state index is 0.248. The van der Waals surface area contributed by atoms with Crippen LogP contribution in [-0.4, -0.2) is 5.24 Å². The highest BCUT2D eigenvalue weighted by Crippen LogP contribution is 2.17. The van der Waals surface area contributed by atoms with Crippen LogP contribution in [0.25, 0.3) is 11.0 Å². The number of rotatable bonds is 2. The molecular formula is C10H7ClO2. The van der Waals surface area contributed by atoms with E-state index in [-0.39, 0.29) is 11.7 Å². The Balaban J connectivity index is 2.42. The molecule has 0 N–H and O–H groups in total. The van der Waals surface area contributed by atoms with Crippen molar-refractivity contribution in [3.63, 3.8) is 0 Å². The van der Waals surface area contributed by atoms with Crippen molar-refractivity contribution >= 4 is 27.8 Å². The second-order valence-corrected chi connectivity index (χ2v) is 3.25. The molecule has 13 heavy (non-hydrogen) atoms. The number of carbonyl (C=O) groups excluding carboxylic acids is 1. The van der Waals surface area contributed by atoms with Gasteiger partial charge in [-0.3, -0.25) is 4.79 Å². The van der Waals surface area contributed by atoms with Gasteiger partial charge >= 0.3 is 0 Å². The molecule has 3 heteroatoms. The van der Waals surface area contributed by atoms with Crippen molar-refractivity contribution in [2.24, 2.45) is 0 Å². The highest BCUT2D eigenvalue weighted by Gasteiger charge is 2.02. The van der Waals surface area contributed by atoms with Crippen LogP contribution in [0.4, 0.5) is 0 Å². The lowest BCUT2D eigenvalue weighted by molar-refractivity contribution is -0.111. The molecular weight excluding hydrogens is 188 g/mol. The Labute approximate surface area is 80.1 Å². The van der Waals surface area contributed by atoms with Crippen molar-refractivity contribution in [2.75, 3.05) is 0 Å². The maximum absolute atomic E-state index is 10.6. The molecule has 1 heterocycles. The van der Waals surface area contributed by atoms with Gasteiger partial charge in [0.1, 0.15) is 5.58 Å². The van der Waals surface area contributed by atoms with E-state index < -0.39 is 0 Å². The van der Waals surface area contributed by atoms with Gasteiger partial charge in [-0.25, -0.2) is 0 Å². The summed E-state index contributed by atoms with van der Waals surface area (Å²) in [5, 5.41) is 0.677. The quantitative estimate of drug-likeness (QED) is 0.689. The van der Waals surface area contributed by atoms with E-state index in [2.05, 4.69) is 0 Å². The van der Waals surface area contributed by atoms with E-state index in [0.717, 1.165) is 16.5 Å². The Morgan fingerprint density at radius 3 is 3.00 bits per heavy atom. The second-order valence-electron chi connectivity index (χ2n) is 2.82. The number of hydrogen-bond acceptors (Lipinski definition) is 2. The molecule has 0 spiro atoms. The van der Waals surface area contributed by atoms with Gasteiger partial charge in [0, 0.05) is 11.8 Å². The zero-order chi connectivity index (χ0) is 9.26. The summed E-state index contributed by atoms with van der Waals surface area (Å²) in [6, 6.07) is 7.49. The third-order valence-electron chi connectivity index (χ3n) is 1.86. The Bertz CT molecular complexity index is 445. The van der Waals surface area contributed by atoms with E-state index in [1.807, 2.05) is 24.3 Å². The van der Waals surface area contributed by atoms with Crippen LogP contribution >= 0.6 is 11.6 Å². The van der Waals surface area contributed by atoms with Gasteiger partial charge < -0.3 is 4.42 Å².